The van der Waals surface area contributed by atoms with Gasteiger partial charge in [-0.2, -0.15) is 0 Å². The Morgan fingerprint density at radius 1 is 1.11 bits per heavy atom. The van der Waals surface area contributed by atoms with E-state index in [0.717, 1.165) is 44.9 Å². The van der Waals surface area contributed by atoms with E-state index in [2.05, 4.69) is 0 Å². The Morgan fingerprint density at radius 3 is 2.54 bits per heavy atom. The molecule has 1 saturated heterocycles. The summed E-state index contributed by atoms with van der Waals surface area (Å²) in [7, 11) is 0. The third-order valence-electron chi connectivity index (χ3n) is 5.67. The lowest BCUT2D eigenvalue weighted by molar-refractivity contribution is -0.384. The lowest BCUT2D eigenvalue weighted by Gasteiger charge is -2.13. The highest BCUT2D eigenvalue weighted by molar-refractivity contribution is 8.18. The quantitative estimate of drug-likeness (QED) is 0.217. The minimum atomic E-state index is -0.423. The van der Waals surface area contributed by atoms with E-state index >= 15 is 0 Å². The lowest BCUT2D eigenvalue weighted by atomic mass is 10.1. The second-order valence-electron chi connectivity index (χ2n) is 8.00. The van der Waals surface area contributed by atoms with Gasteiger partial charge in [-0.3, -0.25) is 24.6 Å². The van der Waals surface area contributed by atoms with Crippen molar-refractivity contribution >= 4 is 46.3 Å². The van der Waals surface area contributed by atoms with Crippen molar-refractivity contribution in [2.45, 2.75) is 20.8 Å². The molecule has 0 aliphatic carbocycles. The van der Waals surface area contributed by atoms with Crippen LogP contribution in [-0.4, -0.2) is 38.7 Å². The summed E-state index contributed by atoms with van der Waals surface area (Å²) in [4.78, 5) is 37.6. The van der Waals surface area contributed by atoms with E-state index in [1.807, 2.05) is 31.4 Å². The largest absolute Gasteiger partial charge is 0.490 e. The molecule has 1 aliphatic rings. The van der Waals surface area contributed by atoms with Gasteiger partial charge in [0, 0.05) is 29.2 Å². The first kappa shape index (κ1) is 24.6. The van der Waals surface area contributed by atoms with E-state index in [9.17, 15) is 19.7 Å². The van der Waals surface area contributed by atoms with Crippen molar-refractivity contribution in [3.63, 3.8) is 0 Å². The zero-order valence-corrected chi connectivity index (χ0v) is 20.9. The van der Waals surface area contributed by atoms with Crippen LogP contribution < -0.4 is 4.74 Å². The Kier molecular flexibility index (Phi) is 7.00. The second kappa shape index (κ2) is 9.97. The topological polar surface area (TPSA) is 94.7 Å². The van der Waals surface area contributed by atoms with Gasteiger partial charge in [0.05, 0.1) is 21.4 Å². The van der Waals surface area contributed by atoms with Gasteiger partial charge >= 0.3 is 0 Å². The lowest BCUT2D eigenvalue weighted by Crippen LogP contribution is -2.32. The van der Waals surface area contributed by atoms with Gasteiger partial charge in [0.25, 0.3) is 16.8 Å². The van der Waals surface area contributed by atoms with Gasteiger partial charge < -0.3 is 9.30 Å². The number of non-ortho nitro benzene ring substituents is 1. The summed E-state index contributed by atoms with van der Waals surface area (Å²) in [5.74, 6) is 0.115. The highest BCUT2D eigenvalue weighted by Crippen LogP contribution is 2.34. The number of aryl methyl sites for hydroxylation is 2. The summed E-state index contributed by atoms with van der Waals surface area (Å²) >= 11 is 6.96. The number of carbonyl (C=O) groups excluding carboxylic acids is 2. The molecule has 0 bridgehead atoms. The Morgan fingerprint density at radius 2 is 1.86 bits per heavy atom. The van der Waals surface area contributed by atoms with Gasteiger partial charge in [0.15, 0.2) is 0 Å². The number of rotatable bonds is 7. The Balaban J connectivity index is 1.53. The Bertz CT molecular complexity index is 1380. The minimum absolute atomic E-state index is 0.0288. The number of nitrogens with zero attached hydrogens (tertiary/aromatic N) is 3. The van der Waals surface area contributed by atoms with Crippen LogP contribution in [0.1, 0.15) is 22.5 Å². The highest BCUT2D eigenvalue weighted by Gasteiger charge is 2.35. The summed E-state index contributed by atoms with van der Waals surface area (Å²) in [6.45, 7) is 5.87. The molecule has 0 atom stereocenters. The van der Waals surface area contributed by atoms with Crippen LogP contribution in [0.2, 0.25) is 5.02 Å². The van der Waals surface area contributed by atoms with Crippen LogP contribution in [0.3, 0.4) is 0 Å². The Hall–Kier alpha value is -3.56. The summed E-state index contributed by atoms with van der Waals surface area (Å²) in [5.41, 5.74) is 4.15. The van der Waals surface area contributed by atoms with E-state index in [-0.39, 0.29) is 30.0 Å². The molecule has 10 heteroatoms. The van der Waals surface area contributed by atoms with Crippen molar-refractivity contribution in [1.29, 1.82) is 0 Å². The number of para-hydroxylation sites is 1. The molecule has 0 spiro atoms. The first-order valence-electron chi connectivity index (χ1n) is 10.7. The third kappa shape index (κ3) is 4.96. The van der Waals surface area contributed by atoms with Crippen LogP contribution in [0.4, 0.5) is 10.5 Å². The number of carbonyl (C=O) groups is 2. The molecule has 4 rings (SSSR count). The van der Waals surface area contributed by atoms with Gasteiger partial charge in [0.1, 0.15) is 12.4 Å². The van der Waals surface area contributed by atoms with E-state index < -0.39 is 4.92 Å². The molecule has 180 valence electrons. The van der Waals surface area contributed by atoms with E-state index in [0.29, 0.717) is 15.7 Å². The number of imide groups is 1. The van der Waals surface area contributed by atoms with Crippen molar-refractivity contribution in [2.24, 2.45) is 0 Å². The monoisotopic (exact) mass is 511 g/mol. The van der Waals surface area contributed by atoms with Gasteiger partial charge in [-0.1, -0.05) is 23.7 Å². The molecule has 2 amide bonds. The number of aromatic nitrogens is 1. The van der Waals surface area contributed by atoms with Crippen LogP contribution in [0.5, 0.6) is 5.75 Å². The van der Waals surface area contributed by atoms with Crippen LogP contribution in [0, 0.1) is 30.9 Å². The summed E-state index contributed by atoms with van der Waals surface area (Å²) in [6.07, 6.45) is 1.71. The molecule has 0 saturated carbocycles. The number of thioether (sulfide) groups is 1. The molecule has 0 unspecified atom stereocenters. The molecule has 3 aromatic rings. The average Bonchev–Trinajstić information content (AvgIpc) is 3.24. The minimum Gasteiger partial charge on any atom is -0.490 e. The van der Waals surface area contributed by atoms with Gasteiger partial charge in [-0.15, -0.1) is 0 Å². The van der Waals surface area contributed by atoms with Crippen LogP contribution in [0.15, 0.2) is 53.4 Å². The maximum absolute atomic E-state index is 12.9. The number of hydrogen-bond acceptors (Lipinski definition) is 6. The molecule has 1 fully saturated rings. The highest BCUT2D eigenvalue weighted by atomic mass is 35.5. The molecular weight excluding hydrogens is 490 g/mol. The third-order valence-corrected chi connectivity index (χ3v) is 6.89. The summed E-state index contributed by atoms with van der Waals surface area (Å²) in [6, 6.07) is 13.6. The number of ether oxygens (including phenoxy) is 1. The molecular formula is C25H22ClN3O5S. The van der Waals surface area contributed by atoms with Crippen molar-refractivity contribution < 1.29 is 19.2 Å². The molecule has 1 aromatic heterocycles. The second-order valence-corrected chi connectivity index (χ2v) is 9.40. The average molecular weight is 512 g/mol. The maximum atomic E-state index is 12.9. The first-order chi connectivity index (χ1) is 16.7. The number of halogens is 1. The molecule has 2 aromatic carbocycles. The smallest absolute Gasteiger partial charge is 0.293 e. The van der Waals surface area contributed by atoms with Gasteiger partial charge in [-0.25, -0.2) is 0 Å². The standard InChI is InChI=1S/C25H22ClN3O5S/c1-15-12-19(29(32)33)8-9-21(15)28-16(2)13-18(17(28)3)14-23-24(30)27(25(31)35-23)10-11-34-22-7-5-4-6-20(22)26/h4-9,12-14H,10-11H2,1-3H3/b23-14-. The number of amides is 2. The van der Waals surface area contributed by atoms with Crippen molar-refractivity contribution in [1.82, 2.24) is 9.47 Å². The summed E-state index contributed by atoms with van der Waals surface area (Å²) in [5, 5.41) is 11.2. The fourth-order valence-corrected chi connectivity index (χ4v) is 5.00. The number of nitro benzene ring substituents is 1. The van der Waals surface area contributed by atoms with Gasteiger partial charge in [-0.05, 0) is 74.0 Å². The SMILES string of the molecule is Cc1cc([N+](=O)[O-])ccc1-n1c(C)cc(/C=C2\SC(=O)N(CCOc3ccccc3Cl)C2=O)c1C. The van der Waals surface area contributed by atoms with E-state index in [1.54, 1.807) is 36.4 Å². The maximum Gasteiger partial charge on any atom is 0.293 e. The zero-order chi connectivity index (χ0) is 25.3. The number of benzene rings is 2. The predicted molar refractivity (Wildman–Crippen MR) is 136 cm³/mol. The molecule has 2 heterocycles. The Labute approximate surface area is 211 Å². The van der Waals surface area contributed by atoms with Crippen LogP contribution >= 0.6 is 23.4 Å². The molecule has 8 nitrogen and oxygen atoms in total. The molecule has 0 N–H and O–H groups in total. The normalized spacial score (nSPS) is 14.7. The number of nitro groups is 1. The fraction of sp³-hybridized carbons (Fsp3) is 0.200. The zero-order valence-electron chi connectivity index (χ0n) is 19.3. The van der Waals surface area contributed by atoms with Crippen molar-refractivity contribution in [3.8, 4) is 11.4 Å². The summed E-state index contributed by atoms with van der Waals surface area (Å²) < 4.78 is 7.60. The van der Waals surface area contributed by atoms with Crippen molar-refractivity contribution in [3.05, 3.63) is 91.1 Å². The number of hydrogen-bond donors (Lipinski definition) is 0. The van der Waals surface area contributed by atoms with E-state index in [1.165, 1.54) is 12.1 Å². The van der Waals surface area contributed by atoms with Crippen LogP contribution in [-0.2, 0) is 4.79 Å². The van der Waals surface area contributed by atoms with E-state index in [4.69, 9.17) is 16.3 Å². The molecule has 35 heavy (non-hydrogen) atoms. The molecule has 1 aliphatic heterocycles. The van der Waals surface area contributed by atoms with Crippen LogP contribution in [0.25, 0.3) is 11.8 Å². The fourth-order valence-electron chi connectivity index (χ4n) is 3.95. The first-order valence-corrected chi connectivity index (χ1v) is 11.9. The molecule has 0 radical (unpaired) electrons. The van der Waals surface area contributed by atoms with Crippen molar-refractivity contribution in [2.75, 3.05) is 13.2 Å². The predicted octanol–water partition coefficient (Wildman–Crippen LogP) is 6.08. The van der Waals surface area contributed by atoms with Gasteiger partial charge in [0.2, 0.25) is 0 Å².